The lowest BCUT2D eigenvalue weighted by atomic mass is 10.1. The summed E-state index contributed by atoms with van der Waals surface area (Å²) >= 11 is 0. The zero-order valence-electron chi connectivity index (χ0n) is 8.48. The van der Waals surface area contributed by atoms with Crippen molar-refractivity contribution in [3.8, 4) is 18.1 Å². The third-order valence-electron chi connectivity index (χ3n) is 1.84. The number of benzene rings is 1. The fraction of sp³-hybridized carbons (Fsp3) is 0.0909. The number of anilines is 1. The van der Waals surface area contributed by atoms with Crippen molar-refractivity contribution in [2.45, 2.75) is 0 Å². The molecule has 0 fully saturated rings. The molecule has 1 aromatic carbocycles. The number of carboxylic acids is 1. The molecular weight excluding hydrogens is 210 g/mol. The molecule has 0 aliphatic rings. The van der Waals surface area contributed by atoms with Crippen molar-refractivity contribution < 1.29 is 19.4 Å². The van der Waals surface area contributed by atoms with E-state index < -0.39 is 11.9 Å². The number of nitrogens with one attached hydrogen (secondary N) is 1. The number of methoxy groups -OCH3 is 1. The second kappa shape index (κ2) is 4.84. The molecule has 0 spiro atoms. The molecule has 1 rings (SSSR count). The van der Waals surface area contributed by atoms with Crippen LogP contribution in [0.4, 0.5) is 5.69 Å². The third kappa shape index (κ3) is 2.51. The van der Waals surface area contributed by atoms with Crippen molar-refractivity contribution in [3.05, 3.63) is 23.8 Å². The highest BCUT2D eigenvalue weighted by Gasteiger charge is 2.12. The van der Waals surface area contributed by atoms with Gasteiger partial charge in [0.25, 0.3) is 5.91 Å². The van der Waals surface area contributed by atoms with Crippen LogP contribution in [0.3, 0.4) is 0 Å². The summed E-state index contributed by atoms with van der Waals surface area (Å²) in [4.78, 5) is 21.8. The van der Waals surface area contributed by atoms with Crippen LogP contribution in [-0.2, 0) is 4.79 Å². The summed E-state index contributed by atoms with van der Waals surface area (Å²) in [5, 5.41) is 11.2. The van der Waals surface area contributed by atoms with E-state index in [2.05, 4.69) is 5.32 Å². The minimum Gasteiger partial charge on any atom is -0.497 e. The Morgan fingerprint density at radius 3 is 2.69 bits per heavy atom. The van der Waals surface area contributed by atoms with Crippen LogP contribution in [0, 0.1) is 12.3 Å². The molecule has 1 amide bonds. The molecule has 1 aromatic rings. The Bertz CT molecular complexity index is 473. The van der Waals surface area contributed by atoms with Crippen LogP contribution in [0.25, 0.3) is 0 Å². The van der Waals surface area contributed by atoms with Gasteiger partial charge in [-0.2, -0.15) is 0 Å². The van der Waals surface area contributed by atoms with E-state index >= 15 is 0 Å². The van der Waals surface area contributed by atoms with Gasteiger partial charge in [-0.25, -0.2) is 4.79 Å². The molecule has 0 aliphatic carbocycles. The Labute approximate surface area is 92.0 Å². The number of ether oxygens (including phenoxy) is 1. The van der Waals surface area contributed by atoms with Gasteiger partial charge < -0.3 is 15.2 Å². The first-order chi connectivity index (χ1) is 7.58. The zero-order valence-corrected chi connectivity index (χ0v) is 8.48. The van der Waals surface area contributed by atoms with Gasteiger partial charge in [0.2, 0.25) is 0 Å². The van der Waals surface area contributed by atoms with Gasteiger partial charge in [0.15, 0.2) is 0 Å². The molecule has 0 saturated carbocycles. The molecule has 0 radical (unpaired) electrons. The Morgan fingerprint density at radius 1 is 1.50 bits per heavy atom. The maximum atomic E-state index is 10.9. The summed E-state index contributed by atoms with van der Waals surface area (Å²) in [7, 11) is 1.42. The van der Waals surface area contributed by atoms with Gasteiger partial charge in [-0.3, -0.25) is 4.79 Å². The largest absolute Gasteiger partial charge is 0.497 e. The molecular formula is C11H9NO4. The number of aromatic carboxylic acids is 1. The lowest BCUT2D eigenvalue weighted by Gasteiger charge is -2.07. The summed E-state index contributed by atoms with van der Waals surface area (Å²) in [5.74, 6) is 0.343. The Kier molecular flexibility index (Phi) is 3.51. The summed E-state index contributed by atoms with van der Waals surface area (Å²) < 4.78 is 4.87. The molecule has 0 bridgehead atoms. The molecule has 0 heterocycles. The van der Waals surface area contributed by atoms with E-state index in [9.17, 15) is 9.59 Å². The molecule has 0 atom stereocenters. The van der Waals surface area contributed by atoms with E-state index in [1.807, 2.05) is 5.92 Å². The van der Waals surface area contributed by atoms with Crippen LogP contribution < -0.4 is 10.1 Å². The Balaban J connectivity index is 3.14. The number of hydrogen-bond acceptors (Lipinski definition) is 3. The minimum absolute atomic E-state index is 0.0806. The number of carboxylic acid groups (broad SMARTS) is 1. The van der Waals surface area contributed by atoms with Gasteiger partial charge in [-0.15, -0.1) is 6.42 Å². The molecule has 2 N–H and O–H groups in total. The van der Waals surface area contributed by atoms with Crippen molar-refractivity contribution in [3.63, 3.8) is 0 Å². The molecule has 82 valence electrons. The van der Waals surface area contributed by atoms with Gasteiger partial charge in [-0.1, -0.05) is 0 Å². The predicted molar refractivity (Wildman–Crippen MR) is 57.4 cm³/mol. The van der Waals surface area contributed by atoms with E-state index in [4.69, 9.17) is 16.3 Å². The highest BCUT2D eigenvalue weighted by molar-refractivity contribution is 6.07. The van der Waals surface area contributed by atoms with Crippen LogP contribution >= 0.6 is 0 Å². The average molecular weight is 219 g/mol. The lowest BCUT2D eigenvalue weighted by molar-refractivity contribution is -0.111. The quantitative estimate of drug-likeness (QED) is 0.742. The van der Waals surface area contributed by atoms with Crippen molar-refractivity contribution in [2.24, 2.45) is 0 Å². The third-order valence-corrected chi connectivity index (χ3v) is 1.84. The number of terminal acetylenes is 1. The fourth-order valence-electron chi connectivity index (χ4n) is 1.09. The molecule has 16 heavy (non-hydrogen) atoms. The number of amides is 1. The number of hydrogen-bond donors (Lipinski definition) is 2. The first-order valence-corrected chi connectivity index (χ1v) is 4.27. The molecule has 5 nitrogen and oxygen atoms in total. The van der Waals surface area contributed by atoms with Crippen LogP contribution in [0.2, 0.25) is 0 Å². The summed E-state index contributed by atoms with van der Waals surface area (Å²) in [6.07, 6.45) is 4.87. The van der Waals surface area contributed by atoms with Crippen LogP contribution in [0.15, 0.2) is 18.2 Å². The number of carbonyl (C=O) groups is 2. The van der Waals surface area contributed by atoms with E-state index in [1.54, 1.807) is 0 Å². The second-order valence-electron chi connectivity index (χ2n) is 2.82. The van der Waals surface area contributed by atoms with Gasteiger partial charge in [0.05, 0.1) is 18.4 Å². The number of rotatable bonds is 3. The highest BCUT2D eigenvalue weighted by Crippen LogP contribution is 2.21. The Morgan fingerprint density at radius 2 is 2.19 bits per heavy atom. The zero-order chi connectivity index (χ0) is 12.1. The molecule has 5 heteroatoms. The van der Waals surface area contributed by atoms with Gasteiger partial charge in [0, 0.05) is 0 Å². The molecule has 0 saturated heterocycles. The monoisotopic (exact) mass is 219 g/mol. The van der Waals surface area contributed by atoms with Gasteiger partial charge in [0.1, 0.15) is 5.75 Å². The van der Waals surface area contributed by atoms with Gasteiger partial charge >= 0.3 is 5.97 Å². The SMILES string of the molecule is C#CC(=O)Nc1ccc(OC)cc1C(=O)O. The van der Waals surface area contributed by atoms with Crippen LogP contribution in [0.1, 0.15) is 10.4 Å². The van der Waals surface area contributed by atoms with E-state index in [1.165, 1.54) is 25.3 Å². The summed E-state index contributed by atoms with van der Waals surface area (Å²) in [6.45, 7) is 0. The average Bonchev–Trinajstić information content (AvgIpc) is 2.29. The maximum absolute atomic E-state index is 10.9. The highest BCUT2D eigenvalue weighted by atomic mass is 16.5. The lowest BCUT2D eigenvalue weighted by Crippen LogP contribution is -2.12. The fourth-order valence-corrected chi connectivity index (χ4v) is 1.09. The summed E-state index contributed by atoms with van der Waals surface area (Å²) in [5.41, 5.74) is 0.0548. The first kappa shape index (κ1) is 11.6. The molecule has 0 unspecified atom stereocenters. The smallest absolute Gasteiger partial charge is 0.337 e. The van der Waals surface area contributed by atoms with Crippen molar-refractivity contribution >= 4 is 17.6 Å². The van der Waals surface area contributed by atoms with Crippen LogP contribution in [-0.4, -0.2) is 24.1 Å². The number of carbonyl (C=O) groups excluding carboxylic acids is 1. The van der Waals surface area contributed by atoms with Crippen molar-refractivity contribution in [1.29, 1.82) is 0 Å². The van der Waals surface area contributed by atoms with E-state index in [0.717, 1.165) is 0 Å². The van der Waals surface area contributed by atoms with Crippen molar-refractivity contribution in [2.75, 3.05) is 12.4 Å². The molecule has 0 aliphatic heterocycles. The molecule has 0 aromatic heterocycles. The van der Waals surface area contributed by atoms with E-state index in [0.29, 0.717) is 5.75 Å². The maximum Gasteiger partial charge on any atom is 0.337 e. The standard InChI is InChI=1S/C11H9NO4/c1-3-10(13)12-9-5-4-7(16-2)6-8(9)11(14)15/h1,4-6H,2H3,(H,12,13)(H,14,15). The first-order valence-electron chi connectivity index (χ1n) is 4.27. The minimum atomic E-state index is -1.17. The van der Waals surface area contributed by atoms with E-state index in [-0.39, 0.29) is 11.3 Å². The normalized spacial score (nSPS) is 9.00. The second-order valence-corrected chi connectivity index (χ2v) is 2.82. The predicted octanol–water partition coefficient (Wildman–Crippen LogP) is 0.965. The topological polar surface area (TPSA) is 75.6 Å². The van der Waals surface area contributed by atoms with Gasteiger partial charge in [-0.05, 0) is 24.1 Å². The summed E-state index contributed by atoms with van der Waals surface area (Å²) in [6, 6.07) is 4.24. The van der Waals surface area contributed by atoms with Crippen LogP contribution in [0.5, 0.6) is 5.75 Å². The van der Waals surface area contributed by atoms with Crippen molar-refractivity contribution in [1.82, 2.24) is 0 Å². The Hall–Kier alpha value is -2.48.